The second-order valence-electron chi connectivity index (χ2n) is 10.3. The van der Waals surface area contributed by atoms with E-state index in [-0.39, 0.29) is 23.6 Å². The molecule has 0 bridgehead atoms. The Kier molecular flexibility index (Phi) is 11.9. The quantitative estimate of drug-likeness (QED) is 0.291. The Balaban J connectivity index is 2.33. The first kappa shape index (κ1) is 29.0. The van der Waals surface area contributed by atoms with Gasteiger partial charge in [-0.3, -0.25) is 9.59 Å². The van der Waals surface area contributed by atoms with Crippen LogP contribution in [0.25, 0.3) is 0 Å². The summed E-state index contributed by atoms with van der Waals surface area (Å²) in [5.41, 5.74) is 0.0579. The highest BCUT2D eigenvalue weighted by atomic mass is 32.1. The van der Waals surface area contributed by atoms with Crippen LogP contribution in [0.1, 0.15) is 90.7 Å². The van der Waals surface area contributed by atoms with E-state index in [0.29, 0.717) is 6.54 Å². The predicted octanol–water partition coefficient (Wildman–Crippen LogP) is 5.02. The van der Waals surface area contributed by atoms with Crippen molar-refractivity contribution in [3.05, 3.63) is 35.9 Å². The lowest BCUT2D eigenvalue weighted by Crippen LogP contribution is -2.54. The van der Waals surface area contributed by atoms with Crippen molar-refractivity contribution >= 4 is 30.5 Å². The van der Waals surface area contributed by atoms with Crippen molar-refractivity contribution in [1.82, 2.24) is 15.5 Å². The highest BCUT2D eigenvalue weighted by molar-refractivity contribution is 7.80. The van der Waals surface area contributed by atoms with E-state index < -0.39 is 23.8 Å². The number of rotatable bonds is 11. The van der Waals surface area contributed by atoms with E-state index in [4.69, 9.17) is 4.74 Å². The summed E-state index contributed by atoms with van der Waals surface area (Å²) in [6, 6.07) is 7.82. The average molecular weight is 506 g/mol. The summed E-state index contributed by atoms with van der Waals surface area (Å²) in [6.45, 7) is 7.80. The third-order valence-corrected chi connectivity index (χ3v) is 6.45. The Labute approximate surface area is 216 Å². The number of nitrogens with zero attached hydrogens (tertiary/aromatic N) is 1. The highest BCUT2D eigenvalue weighted by Crippen LogP contribution is 2.25. The van der Waals surface area contributed by atoms with E-state index in [0.717, 1.165) is 50.5 Å². The van der Waals surface area contributed by atoms with Crippen LogP contribution >= 0.6 is 12.6 Å². The van der Waals surface area contributed by atoms with Crippen molar-refractivity contribution in [2.45, 2.75) is 103 Å². The molecule has 196 valence electrons. The number of nitrogens with one attached hydrogen (secondary N) is 2. The van der Waals surface area contributed by atoms with Crippen LogP contribution in [0.2, 0.25) is 0 Å². The minimum atomic E-state index is -0.913. The zero-order chi connectivity index (χ0) is 25.8. The molecule has 2 atom stereocenters. The second kappa shape index (κ2) is 14.4. The van der Waals surface area contributed by atoms with Crippen LogP contribution in [-0.4, -0.2) is 52.8 Å². The standard InChI is InChI=1S/C27H43N3O4S/c1-5-6-13-18-30(25(32)22(19-35)29-26(33)34-27(2,3)4)23(20-14-9-7-10-15-20)24(31)28-21-16-11-8-12-17-21/h7,9-10,14-15,21-23,35H,5-6,8,11-13,16-19H2,1-4H3,(H,28,31)(H,29,33). The largest absolute Gasteiger partial charge is 0.444 e. The van der Waals surface area contributed by atoms with Crippen LogP contribution < -0.4 is 10.6 Å². The first-order valence-corrected chi connectivity index (χ1v) is 13.6. The topological polar surface area (TPSA) is 87.7 Å². The van der Waals surface area contributed by atoms with Crippen LogP contribution in [0.3, 0.4) is 0 Å². The maximum atomic E-state index is 13.8. The van der Waals surface area contributed by atoms with Gasteiger partial charge in [0.25, 0.3) is 0 Å². The van der Waals surface area contributed by atoms with E-state index in [1.54, 1.807) is 25.7 Å². The lowest BCUT2D eigenvalue weighted by atomic mass is 9.94. The Morgan fingerprint density at radius 2 is 1.74 bits per heavy atom. The number of ether oxygens (including phenoxy) is 1. The maximum absolute atomic E-state index is 13.8. The van der Waals surface area contributed by atoms with Crippen LogP contribution in [0.4, 0.5) is 4.79 Å². The fourth-order valence-corrected chi connectivity index (χ4v) is 4.62. The smallest absolute Gasteiger partial charge is 0.408 e. The van der Waals surface area contributed by atoms with Gasteiger partial charge in [-0.2, -0.15) is 12.6 Å². The number of carbonyl (C=O) groups excluding carboxylic acids is 3. The molecule has 7 nitrogen and oxygen atoms in total. The minimum absolute atomic E-state index is 0.0914. The Hall–Kier alpha value is -2.22. The lowest BCUT2D eigenvalue weighted by molar-refractivity contribution is -0.142. The number of unbranched alkanes of at least 4 members (excludes halogenated alkanes) is 2. The molecule has 0 radical (unpaired) electrons. The van der Waals surface area contributed by atoms with Crippen LogP contribution in [0.5, 0.6) is 0 Å². The van der Waals surface area contributed by atoms with E-state index in [9.17, 15) is 14.4 Å². The first-order chi connectivity index (χ1) is 16.7. The molecule has 2 rings (SSSR count). The minimum Gasteiger partial charge on any atom is -0.444 e. The predicted molar refractivity (Wildman–Crippen MR) is 142 cm³/mol. The van der Waals surface area contributed by atoms with Crippen molar-refractivity contribution in [3.8, 4) is 0 Å². The monoisotopic (exact) mass is 505 g/mol. The summed E-state index contributed by atoms with van der Waals surface area (Å²) in [5, 5.41) is 5.87. The molecule has 3 amide bonds. The molecule has 35 heavy (non-hydrogen) atoms. The van der Waals surface area contributed by atoms with Crippen molar-refractivity contribution in [3.63, 3.8) is 0 Å². The molecule has 0 spiro atoms. The second-order valence-corrected chi connectivity index (χ2v) is 10.6. The van der Waals surface area contributed by atoms with Gasteiger partial charge in [0.05, 0.1) is 0 Å². The molecule has 8 heteroatoms. The molecule has 1 aromatic rings. The molecular formula is C27H43N3O4S. The van der Waals surface area contributed by atoms with E-state index in [1.165, 1.54) is 6.42 Å². The van der Waals surface area contributed by atoms with Gasteiger partial charge in [0.15, 0.2) is 0 Å². The summed E-state index contributed by atoms with van der Waals surface area (Å²) in [7, 11) is 0. The normalized spacial score (nSPS) is 16.1. The van der Waals surface area contributed by atoms with Gasteiger partial charge < -0.3 is 20.3 Å². The van der Waals surface area contributed by atoms with Crippen molar-refractivity contribution in [1.29, 1.82) is 0 Å². The van der Waals surface area contributed by atoms with Gasteiger partial charge in [-0.25, -0.2) is 4.79 Å². The Bertz CT molecular complexity index is 806. The van der Waals surface area contributed by atoms with Crippen LogP contribution in [0, 0.1) is 0 Å². The summed E-state index contributed by atoms with van der Waals surface area (Å²) < 4.78 is 5.36. The molecule has 2 N–H and O–H groups in total. The molecule has 1 aromatic carbocycles. The third-order valence-electron chi connectivity index (χ3n) is 6.08. The van der Waals surface area contributed by atoms with Crippen molar-refractivity contribution < 1.29 is 19.1 Å². The number of hydrogen-bond acceptors (Lipinski definition) is 5. The lowest BCUT2D eigenvalue weighted by Gasteiger charge is -2.35. The average Bonchev–Trinajstić information content (AvgIpc) is 2.81. The fraction of sp³-hybridized carbons (Fsp3) is 0.667. The van der Waals surface area contributed by atoms with Gasteiger partial charge in [0.2, 0.25) is 11.8 Å². The number of hydrogen-bond donors (Lipinski definition) is 3. The molecule has 0 heterocycles. The molecular weight excluding hydrogens is 462 g/mol. The highest BCUT2D eigenvalue weighted by Gasteiger charge is 2.36. The molecule has 2 unspecified atom stereocenters. The zero-order valence-electron chi connectivity index (χ0n) is 21.7. The van der Waals surface area contributed by atoms with Crippen molar-refractivity contribution in [2.75, 3.05) is 12.3 Å². The Morgan fingerprint density at radius 1 is 1.09 bits per heavy atom. The number of benzene rings is 1. The zero-order valence-corrected chi connectivity index (χ0v) is 22.6. The number of amides is 3. The SMILES string of the molecule is CCCCCN(C(=O)C(CS)NC(=O)OC(C)(C)C)C(C(=O)NC1CCCCC1)c1ccccc1. The van der Waals surface area contributed by atoms with Gasteiger partial charge >= 0.3 is 6.09 Å². The summed E-state index contributed by atoms with van der Waals surface area (Å²) in [4.78, 5) is 41.5. The molecule has 0 aliphatic heterocycles. The van der Waals surface area contributed by atoms with Gasteiger partial charge in [0.1, 0.15) is 17.7 Å². The summed E-state index contributed by atoms with van der Waals surface area (Å²) >= 11 is 4.34. The number of carbonyl (C=O) groups is 3. The van der Waals surface area contributed by atoms with E-state index in [1.807, 2.05) is 30.3 Å². The van der Waals surface area contributed by atoms with Crippen LogP contribution in [0.15, 0.2) is 30.3 Å². The van der Waals surface area contributed by atoms with E-state index in [2.05, 4.69) is 30.2 Å². The van der Waals surface area contributed by atoms with Gasteiger partial charge in [-0.15, -0.1) is 0 Å². The summed E-state index contributed by atoms with van der Waals surface area (Å²) in [5.74, 6) is -0.425. The van der Waals surface area contributed by atoms with Crippen molar-refractivity contribution in [2.24, 2.45) is 0 Å². The molecule has 1 saturated carbocycles. The molecule has 1 aliphatic rings. The van der Waals surface area contributed by atoms with Crippen LogP contribution in [-0.2, 0) is 14.3 Å². The van der Waals surface area contributed by atoms with Gasteiger partial charge in [-0.1, -0.05) is 69.4 Å². The molecule has 1 fully saturated rings. The number of thiol groups is 1. The number of alkyl carbamates (subject to hydrolysis) is 1. The maximum Gasteiger partial charge on any atom is 0.408 e. The molecule has 0 saturated heterocycles. The molecule has 1 aliphatic carbocycles. The third kappa shape index (κ3) is 9.74. The first-order valence-electron chi connectivity index (χ1n) is 12.9. The summed E-state index contributed by atoms with van der Waals surface area (Å²) in [6.07, 6.45) is 7.29. The fourth-order valence-electron chi connectivity index (χ4n) is 4.37. The van der Waals surface area contributed by atoms with Gasteiger partial charge in [0, 0.05) is 18.3 Å². The van der Waals surface area contributed by atoms with Gasteiger partial charge in [-0.05, 0) is 45.6 Å². The Morgan fingerprint density at radius 3 is 2.31 bits per heavy atom. The van der Waals surface area contributed by atoms with E-state index >= 15 is 0 Å². The molecule has 0 aromatic heterocycles.